The van der Waals surface area contributed by atoms with E-state index in [2.05, 4.69) is 150 Å². The van der Waals surface area contributed by atoms with E-state index < -0.39 is 0 Å². The Morgan fingerprint density at radius 3 is 2.37 bits per heavy atom. The molecular formula is C53H34N4O2. The third-order valence-corrected chi connectivity index (χ3v) is 12.4. The molecule has 6 nitrogen and oxygen atoms in total. The summed E-state index contributed by atoms with van der Waals surface area (Å²) in [6.07, 6.45) is 15.1. The Labute approximate surface area is 339 Å². The van der Waals surface area contributed by atoms with Crippen LogP contribution in [-0.2, 0) is 6.42 Å². The molecule has 59 heavy (non-hydrogen) atoms. The molecule has 13 rings (SSSR count). The average molecular weight is 759 g/mol. The Balaban J connectivity index is 1.08. The molecule has 6 heteroatoms. The Hall–Kier alpha value is -7.57. The summed E-state index contributed by atoms with van der Waals surface area (Å²) in [6.45, 7) is 0. The number of para-hydroxylation sites is 2. The lowest BCUT2D eigenvalue weighted by Gasteiger charge is -2.16. The van der Waals surface area contributed by atoms with Gasteiger partial charge in [-0.05, 0) is 89.3 Å². The first kappa shape index (κ1) is 32.5. The molecule has 0 amide bonds. The first-order valence-electron chi connectivity index (χ1n) is 20.3. The standard InChI is InChI=1S/C53H34N4O2/c1-2-13-32-28-35(25-24-31(32)12-1)51-54-52(39-19-11-23-47-48(39)37-17-6-9-21-45(37)58-47)56-53(55-51)40-26-27-43(49-38-18-7-10-22-46(38)59-50(40)49)57-42-20-8-5-16-36(42)41-29-33-14-3-4-15-34(33)30-44(41)57/h1-2,4-13,15-30,37,45H,3,14H2. The highest BCUT2D eigenvalue weighted by molar-refractivity contribution is 6.17. The summed E-state index contributed by atoms with van der Waals surface area (Å²) >= 11 is 0. The van der Waals surface area contributed by atoms with Gasteiger partial charge in [-0.2, -0.15) is 0 Å². The van der Waals surface area contributed by atoms with Gasteiger partial charge in [0.25, 0.3) is 0 Å². The van der Waals surface area contributed by atoms with Gasteiger partial charge in [0.15, 0.2) is 17.5 Å². The molecule has 2 unspecified atom stereocenters. The van der Waals surface area contributed by atoms with Gasteiger partial charge in [-0.3, -0.25) is 0 Å². The Bertz CT molecular complexity index is 3510. The molecule has 0 N–H and O–H groups in total. The van der Waals surface area contributed by atoms with Crippen molar-refractivity contribution < 1.29 is 9.15 Å². The summed E-state index contributed by atoms with van der Waals surface area (Å²) in [7, 11) is 0. The van der Waals surface area contributed by atoms with Gasteiger partial charge in [0, 0.05) is 38.8 Å². The van der Waals surface area contributed by atoms with Crippen LogP contribution in [0.3, 0.4) is 0 Å². The second-order valence-electron chi connectivity index (χ2n) is 15.8. The number of aryl methyl sites for hydroxylation is 1. The minimum atomic E-state index is -0.0671. The van der Waals surface area contributed by atoms with Crippen molar-refractivity contribution in [1.82, 2.24) is 19.5 Å². The third-order valence-electron chi connectivity index (χ3n) is 12.4. The second-order valence-corrected chi connectivity index (χ2v) is 15.8. The third kappa shape index (κ3) is 4.90. The highest BCUT2D eigenvalue weighted by atomic mass is 16.5. The molecule has 0 saturated carbocycles. The van der Waals surface area contributed by atoms with Crippen molar-refractivity contribution >= 4 is 60.6 Å². The number of hydrogen-bond acceptors (Lipinski definition) is 5. The van der Waals surface area contributed by atoms with E-state index >= 15 is 0 Å². The van der Waals surface area contributed by atoms with Gasteiger partial charge >= 0.3 is 0 Å². The fourth-order valence-electron chi connectivity index (χ4n) is 9.70. The van der Waals surface area contributed by atoms with Gasteiger partial charge in [0.05, 0.1) is 27.7 Å². The van der Waals surface area contributed by atoms with Crippen LogP contribution in [0.2, 0.25) is 0 Å². The number of nitrogens with zero attached hydrogens (tertiary/aromatic N) is 4. The number of rotatable bonds is 4. The molecule has 0 spiro atoms. The van der Waals surface area contributed by atoms with Crippen LogP contribution < -0.4 is 4.74 Å². The van der Waals surface area contributed by atoms with E-state index in [1.807, 2.05) is 24.3 Å². The summed E-state index contributed by atoms with van der Waals surface area (Å²) in [5, 5.41) is 6.82. The number of hydrogen-bond donors (Lipinski definition) is 0. The van der Waals surface area contributed by atoms with E-state index in [1.165, 1.54) is 27.4 Å². The largest absolute Gasteiger partial charge is 0.485 e. The van der Waals surface area contributed by atoms with E-state index in [0.29, 0.717) is 17.5 Å². The van der Waals surface area contributed by atoms with Crippen molar-refractivity contribution in [3.05, 3.63) is 181 Å². The van der Waals surface area contributed by atoms with E-state index in [-0.39, 0.29) is 12.0 Å². The topological polar surface area (TPSA) is 66.0 Å². The zero-order valence-corrected chi connectivity index (χ0v) is 31.8. The molecule has 2 atom stereocenters. The average Bonchev–Trinajstić information content (AvgIpc) is 3.97. The predicted molar refractivity (Wildman–Crippen MR) is 238 cm³/mol. The maximum absolute atomic E-state index is 6.92. The van der Waals surface area contributed by atoms with Gasteiger partial charge in [-0.25, -0.2) is 15.0 Å². The fourth-order valence-corrected chi connectivity index (χ4v) is 9.70. The molecule has 7 aromatic carbocycles. The van der Waals surface area contributed by atoms with Crippen LogP contribution in [0.15, 0.2) is 168 Å². The molecule has 0 saturated heterocycles. The smallest absolute Gasteiger partial charge is 0.167 e. The Morgan fingerprint density at radius 2 is 1.42 bits per heavy atom. The molecule has 3 aromatic heterocycles. The minimum Gasteiger partial charge on any atom is -0.485 e. The van der Waals surface area contributed by atoms with Gasteiger partial charge in [0.2, 0.25) is 0 Å². The number of allylic oxidation sites excluding steroid dienone is 3. The molecule has 278 valence electrons. The van der Waals surface area contributed by atoms with Crippen molar-refractivity contribution in [1.29, 1.82) is 0 Å². The van der Waals surface area contributed by atoms with E-state index in [9.17, 15) is 0 Å². The van der Waals surface area contributed by atoms with Gasteiger partial charge in [-0.1, -0.05) is 115 Å². The summed E-state index contributed by atoms with van der Waals surface area (Å²) in [6, 6.07) is 47.1. The van der Waals surface area contributed by atoms with Crippen LogP contribution in [0.25, 0.3) is 100 Å². The number of ether oxygens (including phenoxy) is 1. The van der Waals surface area contributed by atoms with E-state index in [4.69, 9.17) is 24.1 Å². The minimum absolute atomic E-state index is 0.0595. The molecule has 3 aliphatic rings. The molecule has 0 fully saturated rings. The van der Waals surface area contributed by atoms with Crippen molar-refractivity contribution in [2.45, 2.75) is 24.9 Å². The fraction of sp³-hybridized carbons (Fsp3) is 0.0755. The lowest BCUT2D eigenvalue weighted by molar-refractivity contribution is 0.269. The summed E-state index contributed by atoms with van der Waals surface area (Å²) in [4.78, 5) is 15.9. The molecule has 0 radical (unpaired) electrons. The normalized spacial score (nSPS) is 16.6. The van der Waals surface area contributed by atoms with Crippen LogP contribution in [0, 0.1) is 0 Å². The first-order valence-corrected chi connectivity index (χ1v) is 20.3. The van der Waals surface area contributed by atoms with Crippen molar-refractivity contribution in [3.63, 3.8) is 0 Å². The molecule has 2 aliphatic carbocycles. The van der Waals surface area contributed by atoms with Gasteiger partial charge in [-0.15, -0.1) is 0 Å². The predicted octanol–water partition coefficient (Wildman–Crippen LogP) is 13.0. The maximum Gasteiger partial charge on any atom is 0.167 e. The van der Waals surface area contributed by atoms with Crippen molar-refractivity contribution in [3.8, 4) is 45.6 Å². The highest BCUT2D eigenvalue weighted by Crippen LogP contribution is 2.47. The maximum atomic E-state index is 6.92. The summed E-state index contributed by atoms with van der Waals surface area (Å²) in [5.74, 6) is 2.65. The SMILES string of the molecule is C1=CC2Oc3cccc(-c4nc(-c5ccc6ccccc6c5)nc(-c5ccc(-n6c7ccccc7c7cc8c(cc76)C=CCC8)c6c5oc5ccccc56)n4)c3C2C=C1. The van der Waals surface area contributed by atoms with Crippen molar-refractivity contribution in [2.75, 3.05) is 0 Å². The van der Waals surface area contributed by atoms with Crippen LogP contribution >= 0.6 is 0 Å². The van der Waals surface area contributed by atoms with Crippen LogP contribution in [0.1, 0.15) is 29.0 Å². The van der Waals surface area contributed by atoms with Crippen molar-refractivity contribution in [2.24, 2.45) is 0 Å². The molecular weight excluding hydrogens is 725 g/mol. The highest BCUT2D eigenvalue weighted by Gasteiger charge is 2.35. The molecule has 10 aromatic rings. The lowest BCUT2D eigenvalue weighted by Crippen LogP contribution is -2.16. The van der Waals surface area contributed by atoms with Gasteiger partial charge < -0.3 is 13.7 Å². The van der Waals surface area contributed by atoms with Crippen LogP contribution in [0.5, 0.6) is 5.75 Å². The zero-order valence-electron chi connectivity index (χ0n) is 31.8. The van der Waals surface area contributed by atoms with E-state index in [0.717, 1.165) is 84.8 Å². The lowest BCUT2D eigenvalue weighted by atomic mass is 9.88. The summed E-state index contributed by atoms with van der Waals surface area (Å²) < 4.78 is 15.8. The molecule has 1 aliphatic heterocycles. The number of fused-ring (bicyclic) bond motifs is 11. The Morgan fingerprint density at radius 1 is 0.610 bits per heavy atom. The quantitative estimate of drug-likeness (QED) is 0.179. The van der Waals surface area contributed by atoms with Crippen LogP contribution in [0.4, 0.5) is 0 Å². The molecule has 4 heterocycles. The van der Waals surface area contributed by atoms with Gasteiger partial charge in [0.1, 0.15) is 23.0 Å². The van der Waals surface area contributed by atoms with Crippen LogP contribution in [-0.4, -0.2) is 25.6 Å². The first-order chi connectivity index (χ1) is 29.2. The molecule has 0 bridgehead atoms. The second kappa shape index (κ2) is 12.5. The number of furan rings is 1. The van der Waals surface area contributed by atoms with E-state index in [1.54, 1.807) is 0 Å². The number of benzene rings is 7. The Kier molecular flexibility index (Phi) is 6.87. The summed E-state index contributed by atoms with van der Waals surface area (Å²) in [5.41, 5.74) is 11.3. The monoisotopic (exact) mass is 758 g/mol. The zero-order chi connectivity index (χ0) is 38.6. The number of aromatic nitrogens is 4.